The van der Waals surface area contributed by atoms with E-state index in [2.05, 4.69) is 4.98 Å². The highest BCUT2D eigenvalue weighted by atomic mass is 35.5. The van der Waals surface area contributed by atoms with Gasteiger partial charge < -0.3 is 15.7 Å². The molecule has 1 aliphatic carbocycles. The summed E-state index contributed by atoms with van der Waals surface area (Å²) in [5, 5.41) is 9.79. The Labute approximate surface area is 100 Å². The fourth-order valence-electron chi connectivity index (χ4n) is 2.05. The maximum atomic E-state index is 9.22. The van der Waals surface area contributed by atoms with Gasteiger partial charge in [0.1, 0.15) is 5.82 Å². The lowest BCUT2D eigenvalue weighted by molar-refractivity contribution is 0.0464. The number of nitrogens with zero attached hydrogens (tertiary/aromatic N) is 2. The summed E-state index contributed by atoms with van der Waals surface area (Å²) in [6.45, 7) is 0.869. The Morgan fingerprint density at radius 1 is 1.62 bits per heavy atom. The molecule has 4 nitrogen and oxygen atoms in total. The molecule has 5 heteroatoms. The van der Waals surface area contributed by atoms with Gasteiger partial charge in [-0.25, -0.2) is 4.98 Å². The van der Waals surface area contributed by atoms with Crippen LogP contribution in [0.1, 0.15) is 12.8 Å². The van der Waals surface area contributed by atoms with Crippen molar-refractivity contribution < 1.29 is 5.11 Å². The summed E-state index contributed by atoms with van der Waals surface area (Å²) in [4.78, 5) is 6.23. The standard InChI is InChI=1S/C11H16ClN3O/c1-15(6-7-2-9(16)3-7)11-10(12)4-8(13)5-14-11/h4-5,7,9,16H,2-3,6,13H2,1H3. The Kier molecular flexibility index (Phi) is 3.21. The quantitative estimate of drug-likeness (QED) is 0.843. The van der Waals surface area contributed by atoms with Crippen molar-refractivity contribution in [2.24, 2.45) is 5.92 Å². The minimum absolute atomic E-state index is 0.117. The largest absolute Gasteiger partial charge is 0.397 e. The molecule has 1 heterocycles. The van der Waals surface area contributed by atoms with Crippen molar-refractivity contribution in [1.82, 2.24) is 4.98 Å². The molecule has 0 radical (unpaired) electrons. The number of aliphatic hydroxyl groups is 1. The fourth-order valence-corrected chi connectivity index (χ4v) is 2.37. The molecular formula is C11H16ClN3O. The van der Waals surface area contributed by atoms with Crippen molar-refractivity contribution >= 4 is 23.1 Å². The zero-order valence-electron chi connectivity index (χ0n) is 9.23. The summed E-state index contributed by atoms with van der Waals surface area (Å²) in [6, 6.07) is 1.70. The predicted molar refractivity (Wildman–Crippen MR) is 65.7 cm³/mol. The number of hydrogen-bond donors (Lipinski definition) is 2. The van der Waals surface area contributed by atoms with E-state index in [4.69, 9.17) is 17.3 Å². The number of nitrogen functional groups attached to an aromatic ring is 1. The van der Waals surface area contributed by atoms with Gasteiger partial charge in [0.15, 0.2) is 0 Å². The van der Waals surface area contributed by atoms with Gasteiger partial charge in [-0.15, -0.1) is 0 Å². The highest BCUT2D eigenvalue weighted by molar-refractivity contribution is 6.33. The van der Waals surface area contributed by atoms with Crippen molar-refractivity contribution in [3.05, 3.63) is 17.3 Å². The molecule has 88 valence electrons. The SMILES string of the molecule is CN(CC1CC(O)C1)c1ncc(N)cc1Cl. The summed E-state index contributed by atoms with van der Waals surface area (Å²) in [5.41, 5.74) is 6.16. The lowest BCUT2D eigenvalue weighted by atomic mass is 9.82. The number of aliphatic hydroxyl groups excluding tert-OH is 1. The summed E-state index contributed by atoms with van der Waals surface area (Å²) < 4.78 is 0. The molecule has 1 aromatic rings. The molecule has 2 rings (SSSR count). The molecule has 0 aliphatic heterocycles. The molecule has 0 spiro atoms. The van der Waals surface area contributed by atoms with Crippen molar-refractivity contribution in [2.45, 2.75) is 18.9 Å². The monoisotopic (exact) mass is 241 g/mol. The van der Waals surface area contributed by atoms with E-state index < -0.39 is 0 Å². The van der Waals surface area contributed by atoms with E-state index in [9.17, 15) is 5.11 Å². The third-order valence-electron chi connectivity index (χ3n) is 2.95. The van der Waals surface area contributed by atoms with Crippen LogP contribution in [0.4, 0.5) is 11.5 Å². The lowest BCUT2D eigenvalue weighted by Crippen LogP contribution is -2.37. The Morgan fingerprint density at radius 2 is 2.31 bits per heavy atom. The molecule has 0 atom stereocenters. The van der Waals surface area contributed by atoms with Crippen molar-refractivity contribution in [3.63, 3.8) is 0 Å². The highest BCUT2D eigenvalue weighted by Gasteiger charge is 2.28. The van der Waals surface area contributed by atoms with Crippen molar-refractivity contribution in [3.8, 4) is 0 Å². The molecular weight excluding hydrogens is 226 g/mol. The Morgan fingerprint density at radius 3 is 2.88 bits per heavy atom. The van der Waals surface area contributed by atoms with Crippen LogP contribution in [-0.4, -0.2) is 29.8 Å². The van der Waals surface area contributed by atoms with Crippen LogP contribution in [0, 0.1) is 5.92 Å². The number of halogens is 1. The summed E-state index contributed by atoms with van der Waals surface area (Å²) >= 11 is 6.06. The molecule has 0 aromatic carbocycles. The number of pyridine rings is 1. The second kappa shape index (κ2) is 4.47. The van der Waals surface area contributed by atoms with Crippen LogP contribution in [0.5, 0.6) is 0 Å². The van der Waals surface area contributed by atoms with Gasteiger partial charge in [0, 0.05) is 13.6 Å². The zero-order chi connectivity index (χ0) is 11.7. The number of anilines is 2. The molecule has 3 N–H and O–H groups in total. The zero-order valence-corrected chi connectivity index (χ0v) is 9.98. The number of hydrogen-bond acceptors (Lipinski definition) is 4. The fraction of sp³-hybridized carbons (Fsp3) is 0.545. The maximum Gasteiger partial charge on any atom is 0.147 e. The van der Waals surface area contributed by atoms with E-state index in [1.807, 2.05) is 11.9 Å². The van der Waals surface area contributed by atoms with E-state index in [0.717, 1.165) is 25.2 Å². The summed E-state index contributed by atoms with van der Waals surface area (Å²) in [7, 11) is 1.95. The van der Waals surface area contributed by atoms with Gasteiger partial charge in [-0.2, -0.15) is 0 Å². The minimum atomic E-state index is -0.117. The molecule has 16 heavy (non-hydrogen) atoms. The van der Waals surface area contributed by atoms with E-state index in [-0.39, 0.29) is 6.10 Å². The van der Waals surface area contributed by atoms with Gasteiger partial charge >= 0.3 is 0 Å². The van der Waals surface area contributed by atoms with Gasteiger partial charge in [-0.05, 0) is 24.8 Å². The van der Waals surface area contributed by atoms with Crippen LogP contribution in [0.3, 0.4) is 0 Å². The van der Waals surface area contributed by atoms with Crippen LogP contribution < -0.4 is 10.6 Å². The number of nitrogens with two attached hydrogens (primary N) is 1. The van der Waals surface area contributed by atoms with Crippen LogP contribution in [0.25, 0.3) is 0 Å². The third kappa shape index (κ3) is 2.39. The van der Waals surface area contributed by atoms with Gasteiger partial charge in [-0.3, -0.25) is 0 Å². The Balaban J connectivity index is 2.00. The average Bonchev–Trinajstić information content (AvgIpc) is 2.15. The van der Waals surface area contributed by atoms with E-state index >= 15 is 0 Å². The first-order valence-corrected chi connectivity index (χ1v) is 5.74. The van der Waals surface area contributed by atoms with Gasteiger partial charge in [0.2, 0.25) is 0 Å². The Hall–Kier alpha value is -1.00. The van der Waals surface area contributed by atoms with Gasteiger partial charge in [0.25, 0.3) is 0 Å². The van der Waals surface area contributed by atoms with Crippen LogP contribution in [0.2, 0.25) is 5.02 Å². The molecule has 1 aliphatic rings. The molecule has 0 unspecified atom stereocenters. The van der Waals surface area contributed by atoms with Crippen molar-refractivity contribution in [2.75, 3.05) is 24.2 Å². The first-order chi connectivity index (χ1) is 7.56. The summed E-state index contributed by atoms with van der Waals surface area (Å²) in [6.07, 6.45) is 3.23. The maximum absolute atomic E-state index is 9.22. The number of rotatable bonds is 3. The second-order valence-electron chi connectivity index (χ2n) is 4.45. The van der Waals surface area contributed by atoms with Gasteiger partial charge in [0.05, 0.1) is 23.0 Å². The molecule has 0 amide bonds. The summed E-state index contributed by atoms with van der Waals surface area (Å²) in [5.74, 6) is 1.28. The first kappa shape index (κ1) is 11.5. The van der Waals surface area contributed by atoms with Crippen LogP contribution in [0.15, 0.2) is 12.3 Å². The predicted octanol–water partition coefficient (Wildman–Crippen LogP) is 1.52. The molecule has 0 bridgehead atoms. The van der Waals surface area contributed by atoms with Gasteiger partial charge in [-0.1, -0.05) is 11.6 Å². The van der Waals surface area contributed by atoms with E-state index in [1.54, 1.807) is 12.3 Å². The lowest BCUT2D eigenvalue weighted by Gasteiger charge is -2.35. The average molecular weight is 242 g/mol. The smallest absolute Gasteiger partial charge is 0.147 e. The first-order valence-electron chi connectivity index (χ1n) is 5.36. The highest BCUT2D eigenvalue weighted by Crippen LogP contribution is 2.30. The molecule has 0 saturated heterocycles. The molecule has 1 aromatic heterocycles. The molecule has 1 fully saturated rings. The van der Waals surface area contributed by atoms with E-state index in [1.165, 1.54) is 0 Å². The normalized spacial score (nSPS) is 23.9. The molecule has 1 saturated carbocycles. The number of aromatic nitrogens is 1. The Bertz CT molecular complexity index is 379. The van der Waals surface area contributed by atoms with E-state index in [0.29, 0.717) is 16.6 Å². The topological polar surface area (TPSA) is 62.4 Å². The third-order valence-corrected chi connectivity index (χ3v) is 3.23. The second-order valence-corrected chi connectivity index (χ2v) is 4.85. The minimum Gasteiger partial charge on any atom is -0.397 e. The van der Waals surface area contributed by atoms with Crippen LogP contribution in [-0.2, 0) is 0 Å². The van der Waals surface area contributed by atoms with Crippen molar-refractivity contribution in [1.29, 1.82) is 0 Å². The van der Waals surface area contributed by atoms with Crippen LogP contribution >= 0.6 is 11.6 Å².